The van der Waals surface area contributed by atoms with Gasteiger partial charge < -0.3 is 19.1 Å². The van der Waals surface area contributed by atoms with Gasteiger partial charge in [-0.1, -0.05) is 126 Å². The fraction of sp³-hybridized carbons (Fsp3) is 0.196. The molecule has 0 saturated heterocycles. The molecule has 0 spiro atoms. The number of rotatable bonds is 7. The summed E-state index contributed by atoms with van der Waals surface area (Å²) in [5.74, 6) is -0.832. The van der Waals surface area contributed by atoms with Crippen molar-refractivity contribution in [1.82, 2.24) is 24.5 Å². The van der Waals surface area contributed by atoms with Crippen LogP contribution in [0, 0.1) is 23.8 Å². The van der Waals surface area contributed by atoms with Crippen molar-refractivity contribution in [2.45, 2.75) is 65.7 Å². The maximum atomic E-state index is 13.9. The van der Waals surface area contributed by atoms with Crippen molar-refractivity contribution in [3.63, 3.8) is 0 Å². The Kier molecular flexibility index (Phi) is 12.3. The summed E-state index contributed by atoms with van der Waals surface area (Å²) in [5.41, 5.74) is 10.3. The predicted octanol–water partition coefficient (Wildman–Crippen LogP) is 12.9. The average Bonchev–Trinajstić information content (AvgIpc) is 3.82. The number of pyridine rings is 1. The van der Waals surface area contributed by atoms with Gasteiger partial charge in [0.15, 0.2) is 11.3 Å². The number of carboxylic acids is 1. The molecule has 62 heavy (non-hydrogen) atoms. The van der Waals surface area contributed by atoms with Crippen molar-refractivity contribution in [1.29, 1.82) is 0 Å². The minimum atomic E-state index is -1.18. The van der Waals surface area contributed by atoms with Crippen LogP contribution < -0.4 is 0 Å². The van der Waals surface area contributed by atoms with E-state index in [1.54, 1.807) is 36.8 Å². The molecule has 0 bridgehead atoms. The fourth-order valence-corrected chi connectivity index (χ4v) is 7.46. The zero-order chi connectivity index (χ0) is 43.2. The largest absolute Gasteiger partial charge is 0.501 e. The third kappa shape index (κ3) is 8.43. The number of halogens is 2. The minimum Gasteiger partial charge on any atom is -0.501 e. The normalized spacial score (nSPS) is 11.6. The number of aromatic nitrogens is 5. The Morgan fingerprint density at radius 1 is 0.790 bits per heavy atom. The van der Waals surface area contributed by atoms with Crippen molar-refractivity contribution in [3.8, 4) is 39.5 Å². The zero-order valence-corrected chi connectivity index (χ0v) is 37.6. The quantitative estimate of drug-likeness (QED) is 0.158. The number of fused-ring (bicyclic) bond motifs is 4. The van der Waals surface area contributed by atoms with Crippen LogP contribution in [0.3, 0.4) is 0 Å². The number of aromatic carboxylic acids is 1. The van der Waals surface area contributed by atoms with Gasteiger partial charge in [0.1, 0.15) is 11.4 Å². The molecular weight excluding hydrogens is 961 g/mol. The first-order valence-corrected chi connectivity index (χ1v) is 20.1. The first kappa shape index (κ1) is 43.7. The monoisotopic (exact) mass is 1000 g/mol. The van der Waals surface area contributed by atoms with Crippen molar-refractivity contribution in [3.05, 3.63) is 162 Å². The Labute approximate surface area is 372 Å². The third-order valence-electron chi connectivity index (χ3n) is 10.7. The number of benzene rings is 5. The molecule has 0 fully saturated rings. The molecule has 4 aromatic heterocycles. The van der Waals surface area contributed by atoms with Crippen molar-refractivity contribution < 1.29 is 43.2 Å². The van der Waals surface area contributed by atoms with Crippen LogP contribution >= 0.6 is 0 Å². The van der Waals surface area contributed by atoms with Gasteiger partial charge in [0.25, 0.3) is 5.97 Å². The number of nitrogens with zero attached hydrogens (tertiary/aromatic N) is 5. The molecule has 1 N–H and O–H groups in total. The summed E-state index contributed by atoms with van der Waals surface area (Å²) in [6.07, 6.45) is 5.08. The molecule has 4 heterocycles. The van der Waals surface area contributed by atoms with E-state index >= 15 is 0 Å². The number of carbonyl (C=O) groups is 1. The van der Waals surface area contributed by atoms with Crippen molar-refractivity contribution in [2.75, 3.05) is 0 Å². The van der Waals surface area contributed by atoms with E-state index in [4.69, 9.17) is 19.5 Å². The topological polar surface area (TPSA) is 107 Å². The molecule has 0 saturated carbocycles. The number of para-hydroxylation sites is 1. The van der Waals surface area contributed by atoms with E-state index in [-0.39, 0.29) is 54.3 Å². The van der Waals surface area contributed by atoms with Crippen LogP contribution in [0.1, 0.15) is 87.4 Å². The number of carboxylic acid groups (broad SMARTS) is 1. The maximum Gasteiger partial charge on any atom is 0.292 e. The molecule has 9 aromatic rings. The molecule has 1 radical (unpaired) electrons. The van der Waals surface area contributed by atoms with Gasteiger partial charge in [0.2, 0.25) is 0 Å². The van der Waals surface area contributed by atoms with E-state index < -0.39 is 11.8 Å². The molecule has 0 unspecified atom stereocenters. The zero-order valence-electron chi connectivity index (χ0n) is 35.2. The smallest absolute Gasteiger partial charge is 0.292 e. The van der Waals surface area contributed by atoms with Crippen LogP contribution in [0.15, 0.2) is 120 Å². The molecule has 0 aliphatic rings. The number of imidazole rings is 1. The molecule has 8 nitrogen and oxygen atoms in total. The van der Waals surface area contributed by atoms with Gasteiger partial charge in [0, 0.05) is 55.6 Å². The molecule has 5 aromatic carbocycles. The molecule has 0 aliphatic heterocycles. The van der Waals surface area contributed by atoms with Gasteiger partial charge in [-0.25, -0.2) is 14.4 Å². The van der Waals surface area contributed by atoms with Gasteiger partial charge >= 0.3 is 0 Å². The van der Waals surface area contributed by atoms with E-state index in [0.717, 1.165) is 50.4 Å². The Morgan fingerprint density at radius 3 is 2.11 bits per heavy atom. The Balaban J connectivity index is 0.000000233. The molecule has 315 valence electrons. The summed E-state index contributed by atoms with van der Waals surface area (Å²) >= 11 is 0. The summed E-state index contributed by atoms with van der Waals surface area (Å²) < 4.78 is 36.1. The third-order valence-corrected chi connectivity index (χ3v) is 10.7. The predicted molar refractivity (Wildman–Crippen MR) is 236 cm³/mol. The van der Waals surface area contributed by atoms with E-state index in [1.165, 1.54) is 29.3 Å². The SMILES string of the molecule is CC(C)(C)c1ccc(-c2[c-]cc(C(=O)O)cc2F)nc1.CC(C)c1cccc(C(C)C)c1-n1c(-c2[c-]ccc3c2oc2cc(-c4ccc(F)cc4)ccc23)nc2nccnc21.[Ir]. The van der Waals surface area contributed by atoms with Crippen LogP contribution in [-0.2, 0) is 25.5 Å². The summed E-state index contributed by atoms with van der Waals surface area (Å²) in [7, 11) is 0. The molecular formula is C51H43F2IrN5O3-2. The second-order valence-corrected chi connectivity index (χ2v) is 16.6. The van der Waals surface area contributed by atoms with Gasteiger partial charge in [-0.2, -0.15) is 0 Å². The average molecular weight is 1000 g/mol. The molecule has 11 heteroatoms. The Bertz CT molecular complexity index is 3050. The van der Waals surface area contributed by atoms with Gasteiger partial charge in [-0.05, 0) is 74.5 Å². The maximum absolute atomic E-state index is 13.9. The van der Waals surface area contributed by atoms with Crippen LogP contribution in [0.25, 0.3) is 72.7 Å². The molecule has 0 atom stereocenters. The minimum absolute atomic E-state index is 0. The Morgan fingerprint density at radius 2 is 1.48 bits per heavy atom. The fourth-order valence-electron chi connectivity index (χ4n) is 7.46. The van der Waals surface area contributed by atoms with Gasteiger partial charge in [-0.15, -0.1) is 30.3 Å². The number of hydrogen-bond acceptors (Lipinski definition) is 6. The van der Waals surface area contributed by atoms with E-state index in [9.17, 15) is 13.6 Å². The van der Waals surface area contributed by atoms with Crippen molar-refractivity contribution >= 4 is 39.2 Å². The van der Waals surface area contributed by atoms with Gasteiger partial charge in [-0.3, -0.25) is 14.2 Å². The van der Waals surface area contributed by atoms with Crippen LogP contribution in [-0.4, -0.2) is 35.6 Å². The molecule has 0 aliphatic carbocycles. The summed E-state index contributed by atoms with van der Waals surface area (Å²) in [6.45, 7) is 15.0. The second-order valence-electron chi connectivity index (χ2n) is 16.6. The standard InChI is InChI=1S/C35H28FN4O.C16H15FNO2.Ir/c1-20(2)25-7-5-8-26(21(3)4)31(25)40-34(39-33-35(40)38-18-17-37-33)29-10-6-9-28-27-16-13-23(19-30(27)41-32(28)29)22-11-14-24(36)15-12-22;1-16(2,3)11-5-7-14(18-9-11)12-6-4-10(15(19)20)8-13(12)17;/h5-9,11-21H,1-4H3;4-5,7-9H,1-3H3,(H,19,20);/q2*-1;. The molecule has 0 amide bonds. The summed E-state index contributed by atoms with van der Waals surface area (Å²) in [5, 5.41) is 10.8. The first-order chi connectivity index (χ1) is 29.2. The van der Waals surface area contributed by atoms with Crippen LogP contribution in [0.5, 0.6) is 0 Å². The summed E-state index contributed by atoms with van der Waals surface area (Å²) in [4.78, 5) is 29.3. The number of hydrogen-bond donors (Lipinski definition) is 1. The van der Waals surface area contributed by atoms with Crippen LogP contribution in [0.4, 0.5) is 8.78 Å². The van der Waals surface area contributed by atoms with E-state index in [0.29, 0.717) is 28.4 Å². The Hall–Kier alpha value is -6.42. The number of furan rings is 1. The first-order valence-electron chi connectivity index (χ1n) is 20.1. The van der Waals surface area contributed by atoms with Gasteiger partial charge in [0.05, 0.1) is 11.4 Å². The second kappa shape index (κ2) is 17.5. The van der Waals surface area contributed by atoms with Crippen LogP contribution in [0.2, 0.25) is 0 Å². The van der Waals surface area contributed by atoms with E-state index in [2.05, 4.69) is 99.4 Å². The summed E-state index contributed by atoms with van der Waals surface area (Å²) in [6, 6.07) is 34.9. The van der Waals surface area contributed by atoms with E-state index in [1.807, 2.05) is 30.3 Å². The molecule has 9 rings (SSSR count). The van der Waals surface area contributed by atoms with Crippen molar-refractivity contribution in [2.24, 2.45) is 0 Å².